The van der Waals surface area contributed by atoms with Crippen LogP contribution in [0.4, 0.5) is 0 Å². The minimum absolute atomic E-state index is 0.0835. The van der Waals surface area contributed by atoms with Crippen LogP contribution < -0.4 is 11.3 Å². The topological polar surface area (TPSA) is 47.3 Å². The van der Waals surface area contributed by atoms with E-state index < -0.39 is 0 Å². The molecular formula is C14H26N2O. The third-order valence-electron chi connectivity index (χ3n) is 4.01. The molecule has 3 nitrogen and oxygen atoms in total. The number of methoxy groups -OCH3 is 1. The van der Waals surface area contributed by atoms with E-state index >= 15 is 0 Å². The van der Waals surface area contributed by atoms with Crippen LogP contribution in [0.2, 0.25) is 0 Å². The van der Waals surface area contributed by atoms with E-state index in [0.717, 1.165) is 32.1 Å². The zero-order valence-electron chi connectivity index (χ0n) is 11.0. The second-order valence-electron chi connectivity index (χ2n) is 5.00. The van der Waals surface area contributed by atoms with Crippen LogP contribution in [-0.2, 0) is 4.74 Å². The molecule has 1 aliphatic carbocycles. The molecule has 1 saturated carbocycles. The lowest BCUT2D eigenvalue weighted by Crippen LogP contribution is -2.54. The van der Waals surface area contributed by atoms with E-state index in [1.54, 1.807) is 0 Å². The van der Waals surface area contributed by atoms with Gasteiger partial charge in [-0.05, 0) is 25.7 Å². The summed E-state index contributed by atoms with van der Waals surface area (Å²) in [6.45, 7) is 0. The van der Waals surface area contributed by atoms with Gasteiger partial charge in [-0.1, -0.05) is 25.7 Å². The van der Waals surface area contributed by atoms with Crippen molar-refractivity contribution < 1.29 is 4.74 Å². The summed E-state index contributed by atoms with van der Waals surface area (Å²) in [7, 11) is 1.82. The van der Waals surface area contributed by atoms with Gasteiger partial charge in [-0.2, -0.15) is 0 Å². The molecule has 0 spiro atoms. The Kier molecular flexibility index (Phi) is 6.57. The summed E-state index contributed by atoms with van der Waals surface area (Å²) in [6.07, 6.45) is 15.4. The fraction of sp³-hybridized carbons (Fsp3) is 0.857. The quantitative estimate of drug-likeness (QED) is 0.245. The maximum absolute atomic E-state index is 5.85. The number of hydrogen-bond acceptors (Lipinski definition) is 3. The molecule has 1 aliphatic rings. The van der Waals surface area contributed by atoms with E-state index in [1.165, 1.54) is 25.7 Å². The first-order valence-corrected chi connectivity index (χ1v) is 6.74. The molecule has 0 heterocycles. The number of ether oxygens (including phenoxy) is 1. The molecule has 1 rings (SSSR count). The van der Waals surface area contributed by atoms with Gasteiger partial charge in [0.2, 0.25) is 0 Å². The van der Waals surface area contributed by atoms with Gasteiger partial charge in [-0.3, -0.25) is 11.3 Å². The van der Waals surface area contributed by atoms with Crippen molar-refractivity contribution in [3.63, 3.8) is 0 Å². The van der Waals surface area contributed by atoms with Crippen molar-refractivity contribution in [2.45, 2.75) is 69.4 Å². The highest BCUT2D eigenvalue weighted by Crippen LogP contribution is 2.34. The predicted molar refractivity (Wildman–Crippen MR) is 71.2 cm³/mol. The standard InChI is InChI=1S/C14H26N2O/c1-3-4-7-10-13(16-15)14(17-2)11-8-5-6-9-12-14/h1,13,16H,4-12,15H2,2H3. The molecule has 98 valence electrons. The number of hydrazine groups is 1. The van der Waals surface area contributed by atoms with E-state index in [4.69, 9.17) is 17.0 Å². The van der Waals surface area contributed by atoms with Gasteiger partial charge in [-0.25, -0.2) is 0 Å². The van der Waals surface area contributed by atoms with E-state index in [9.17, 15) is 0 Å². The molecule has 1 unspecified atom stereocenters. The highest BCUT2D eigenvalue weighted by atomic mass is 16.5. The Morgan fingerprint density at radius 3 is 2.47 bits per heavy atom. The molecule has 0 aromatic rings. The predicted octanol–water partition coefficient (Wildman–Crippen LogP) is 2.36. The zero-order chi connectivity index (χ0) is 12.6. The summed E-state index contributed by atoms with van der Waals surface area (Å²) in [6, 6.07) is 0.221. The first-order chi connectivity index (χ1) is 8.29. The summed E-state index contributed by atoms with van der Waals surface area (Å²) in [5, 5.41) is 0. The maximum Gasteiger partial charge on any atom is 0.0844 e. The number of nitrogens with one attached hydrogen (secondary N) is 1. The molecule has 0 aromatic carbocycles. The lowest BCUT2D eigenvalue weighted by atomic mass is 9.83. The highest BCUT2D eigenvalue weighted by molar-refractivity contribution is 4.94. The van der Waals surface area contributed by atoms with Crippen LogP contribution in [0.15, 0.2) is 0 Å². The minimum Gasteiger partial charge on any atom is -0.377 e. The Balaban J connectivity index is 2.62. The Morgan fingerprint density at radius 2 is 2.00 bits per heavy atom. The van der Waals surface area contributed by atoms with Crippen LogP contribution in [0.3, 0.4) is 0 Å². The van der Waals surface area contributed by atoms with Crippen LogP contribution in [0.1, 0.15) is 57.8 Å². The van der Waals surface area contributed by atoms with Crippen LogP contribution in [-0.4, -0.2) is 18.8 Å². The SMILES string of the molecule is C#CCCCC(NN)C1(OC)CCCCCC1. The molecule has 0 radical (unpaired) electrons. The normalized spacial score (nSPS) is 21.5. The molecule has 0 saturated heterocycles. The molecular weight excluding hydrogens is 212 g/mol. The fourth-order valence-corrected chi connectivity index (χ4v) is 2.93. The van der Waals surface area contributed by atoms with E-state index in [-0.39, 0.29) is 11.6 Å². The minimum atomic E-state index is -0.0835. The molecule has 1 atom stereocenters. The first-order valence-electron chi connectivity index (χ1n) is 6.74. The Labute approximate surface area is 105 Å². The van der Waals surface area contributed by atoms with Crippen LogP contribution in [0.25, 0.3) is 0 Å². The van der Waals surface area contributed by atoms with Crippen molar-refractivity contribution >= 4 is 0 Å². The van der Waals surface area contributed by atoms with E-state index in [0.29, 0.717) is 0 Å². The third-order valence-corrected chi connectivity index (χ3v) is 4.01. The molecule has 17 heavy (non-hydrogen) atoms. The summed E-state index contributed by atoms with van der Waals surface area (Å²) < 4.78 is 5.85. The summed E-state index contributed by atoms with van der Waals surface area (Å²) in [4.78, 5) is 0. The average molecular weight is 238 g/mol. The average Bonchev–Trinajstić information content (AvgIpc) is 2.61. The van der Waals surface area contributed by atoms with Crippen LogP contribution >= 0.6 is 0 Å². The summed E-state index contributed by atoms with van der Waals surface area (Å²) in [5.41, 5.74) is 2.87. The van der Waals surface area contributed by atoms with Gasteiger partial charge in [0.05, 0.1) is 11.6 Å². The smallest absolute Gasteiger partial charge is 0.0844 e. The van der Waals surface area contributed by atoms with Gasteiger partial charge in [0.15, 0.2) is 0 Å². The van der Waals surface area contributed by atoms with Crippen molar-refractivity contribution in [1.29, 1.82) is 0 Å². The van der Waals surface area contributed by atoms with Gasteiger partial charge in [-0.15, -0.1) is 12.3 Å². The van der Waals surface area contributed by atoms with Gasteiger partial charge >= 0.3 is 0 Å². The lowest BCUT2D eigenvalue weighted by molar-refractivity contribution is -0.0551. The van der Waals surface area contributed by atoms with Crippen molar-refractivity contribution in [2.24, 2.45) is 5.84 Å². The van der Waals surface area contributed by atoms with E-state index in [2.05, 4.69) is 11.3 Å². The monoisotopic (exact) mass is 238 g/mol. The fourth-order valence-electron chi connectivity index (χ4n) is 2.93. The van der Waals surface area contributed by atoms with Crippen molar-refractivity contribution in [2.75, 3.05) is 7.11 Å². The third kappa shape index (κ3) is 3.99. The van der Waals surface area contributed by atoms with Crippen molar-refractivity contribution in [3.05, 3.63) is 0 Å². The molecule has 0 bridgehead atoms. The Morgan fingerprint density at radius 1 is 1.35 bits per heavy atom. The molecule has 0 aliphatic heterocycles. The second kappa shape index (κ2) is 7.71. The van der Waals surface area contributed by atoms with Crippen LogP contribution in [0.5, 0.6) is 0 Å². The molecule has 0 amide bonds. The highest BCUT2D eigenvalue weighted by Gasteiger charge is 2.38. The summed E-state index contributed by atoms with van der Waals surface area (Å²) >= 11 is 0. The van der Waals surface area contributed by atoms with Gasteiger partial charge in [0.25, 0.3) is 0 Å². The molecule has 0 aromatic heterocycles. The molecule has 1 fully saturated rings. The zero-order valence-corrected chi connectivity index (χ0v) is 11.0. The molecule has 3 heteroatoms. The number of nitrogens with two attached hydrogens (primary N) is 1. The Bertz CT molecular complexity index is 239. The first kappa shape index (κ1) is 14.5. The number of unbranched alkanes of at least 4 members (excludes halogenated alkanes) is 1. The van der Waals surface area contributed by atoms with Crippen molar-refractivity contribution in [1.82, 2.24) is 5.43 Å². The van der Waals surface area contributed by atoms with Gasteiger partial charge < -0.3 is 4.74 Å². The van der Waals surface area contributed by atoms with Gasteiger partial charge in [0, 0.05) is 13.5 Å². The van der Waals surface area contributed by atoms with Gasteiger partial charge in [0.1, 0.15) is 0 Å². The number of rotatable bonds is 6. The largest absolute Gasteiger partial charge is 0.377 e. The second-order valence-corrected chi connectivity index (χ2v) is 5.00. The number of hydrogen-bond donors (Lipinski definition) is 2. The Hall–Kier alpha value is -0.560. The molecule has 3 N–H and O–H groups in total. The maximum atomic E-state index is 5.85. The van der Waals surface area contributed by atoms with Crippen LogP contribution in [0, 0.1) is 12.3 Å². The van der Waals surface area contributed by atoms with E-state index in [1.807, 2.05) is 7.11 Å². The number of terminal acetylenes is 1. The summed E-state index contributed by atoms with van der Waals surface area (Å²) in [5.74, 6) is 8.40. The lowest BCUT2D eigenvalue weighted by Gasteiger charge is -2.39. The van der Waals surface area contributed by atoms with Crippen molar-refractivity contribution in [3.8, 4) is 12.3 Å².